The van der Waals surface area contributed by atoms with Gasteiger partial charge in [0.2, 0.25) is 29.5 Å². The highest BCUT2D eigenvalue weighted by Gasteiger charge is 2.58. The number of nitrogens with zero attached hydrogens (tertiary/aromatic N) is 3. The summed E-state index contributed by atoms with van der Waals surface area (Å²) in [5.41, 5.74) is 3.87. The predicted molar refractivity (Wildman–Crippen MR) is 225 cm³/mol. The van der Waals surface area contributed by atoms with Gasteiger partial charge >= 0.3 is 0 Å². The number of anilines is 2. The molecule has 2 saturated carbocycles. The molecule has 0 radical (unpaired) electrons. The van der Waals surface area contributed by atoms with Crippen molar-refractivity contribution in [2.45, 2.75) is 75.8 Å². The first-order valence-electron chi connectivity index (χ1n) is 20.6. The Bertz CT molecular complexity index is 2320. The lowest BCUT2D eigenvalue weighted by Gasteiger charge is -2.31. The molecular weight excluding hydrogens is 775 g/mol. The fraction of sp³-hybridized carbons (Fsp3) is 0.298. The second kappa shape index (κ2) is 16.2. The van der Waals surface area contributed by atoms with Gasteiger partial charge in [0.1, 0.15) is 24.2 Å². The predicted octanol–water partition coefficient (Wildman–Crippen LogP) is 5.62. The van der Waals surface area contributed by atoms with Gasteiger partial charge in [-0.25, -0.2) is 4.98 Å². The molecule has 6 amide bonds. The molecule has 9 rings (SSSR count). The van der Waals surface area contributed by atoms with E-state index >= 15 is 0 Å². The number of fused-ring (bicyclic) bond motifs is 2. The first-order chi connectivity index (χ1) is 29.5. The van der Waals surface area contributed by atoms with Gasteiger partial charge in [-0.2, -0.15) is 0 Å². The van der Waals surface area contributed by atoms with Gasteiger partial charge in [0.15, 0.2) is 5.76 Å². The van der Waals surface area contributed by atoms with Gasteiger partial charge in [-0.3, -0.25) is 28.8 Å². The van der Waals surface area contributed by atoms with Crippen LogP contribution in [0.2, 0.25) is 0 Å². The summed E-state index contributed by atoms with van der Waals surface area (Å²) >= 11 is 0. The van der Waals surface area contributed by atoms with E-state index in [1.807, 2.05) is 48.5 Å². The Kier molecular flexibility index (Phi) is 10.4. The third-order valence-electron chi connectivity index (χ3n) is 12.1. The van der Waals surface area contributed by atoms with Crippen LogP contribution >= 0.6 is 0 Å². The Hall–Kier alpha value is -7.09. The number of oxazole rings is 1. The minimum absolute atomic E-state index is 0.0248. The number of aromatic nitrogens is 1. The topological polar surface area (TPSA) is 183 Å². The molecule has 1 unspecified atom stereocenters. The standard InChI is InChI=1S/C47H45N7O7/c1-26(55)49-41(29-9-5-3-6-10-29)46(59)53-36-21-32(36)23-38(53)43(57)51-34-17-13-28(14-18-34)40-25-48-45(61-40)31-15-19-35(20-16-31)52-44(58)39-24-33-22-37(33)54(39)47(60)42(50-27(2)56)30-11-7-4-8-12-30/h3-20,25,32-33,36-39,41-42H,21-24H2,1-2H3,(H,49,55)(H,50,56)(H,51,57)(H,52,58)/t32-,33-,36-,37-,38?,39-,41+,42+/m0/s1. The third kappa shape index (κ3) is 8.13. The summed E-state index contributed by atoms with van der Waals surface area (Å²) in [5.74, 6) is -0.405. The lowest BCUT2D eigenvalue weighted by atomic mass is 10.0. The number of hydrogen-bond donors (Lipinski definition) is 4. The van der Waals surface area contributed by atoms with Gasteiger partial charge in [0.05, 0.1) is 6.20 Å². The van der Waals surface area contributed by atoms with Crippen LogP contribution in [0.1, 0.15) is 62.7 Å². The van der Waals surface area contributed by atoms with Crippen molar-refractivity contribution in [3.63, 3.8) is 0 Å². The molecule has 4 aliphatic rings. The van der Waals surface area contributed by atoms with E-state index in [1.54, 1.807) is 76.7 Å². The van der Waals surface area contributed by atoms with Crippen molar-refractivity contribution in [1.82, 2.24) is 25.4 Å². The molecule has 2 aliphatic heterocycles. The van der Waals surface area contributed by atoms with E-state index < -0.39 is 24.2 Å². The normalized spacial score (nSPS) is 22.9. The van der Waals surface area contributed by atoms with Crippen LogP contribution in [0.15, 0.2) is 120 Å². The van der Waals surface area contributed by atoms with Crippen LogP contribution in [-0.4, -0.2) is 74.4 Å². The summed E-state index contributed by atoms with van der Waals surface area (Å²) in [7, 11) is 0. The largest absolute Gasteiger partial charge is 0.436 e. The van der Waals surface area contributed by atoms with Crippen LogP contribution in [0.5, 0.6) is 0 Å². The van der Waals surface area contributed by atoms with E-state index in [4.69, 9.17) is 4.42 Å². The molecule has 0 spiro atoms. The molecule has 5 aromatic rings. The van der Waals surface area contributed by atoms with Crippen LogP contribution in [0.3, 0.4) is 0 Å². The van der Waals surface area contributed by atoms with Crippen molar-refractivity contribution in [2.75, 3.05) is 10.6 Å². The highest BCUT2D eigenvalue weighted by Crippen LogP contribution is 2.50. The molecule has 14 nitrogen and oxygen atoms in total. The maximum absolute atomic E-state index is 13.9. The van der Waals surface area contributed by atoms with Gasteiger partial charge in [-0.1, -0.05) is 60.7 Å². The van der Waals surface area contributed by atoms with Crippen LogP contribution in [-0.2, 0) is 28.8 Å². The smallest absolute Gasteiger partial charge is 0.250 e. The van der Waals surface area contributed by atoms with E-state index in [0.29, 0.717) is 52.6 Å². The Morgan fingerprint density at radius 3 is 1.43 bits per heavy atom. The van der Waals surface area contributed by atoms with Crippen molar-refractivity contribution < 1.29 is 33.2 Å². The fourth-order valence-electron chi connectivity index (χ4n) is 8.99. The zero-order valence-corrected chi connectivity index (χ0v) is 33.6. The quantitative estimate of drug-likeness (QED) is 0.125. The van der Waals surface area contributed by atoms with E-state index in [9.17, 15) is 28.8 Å². The Labute approximate surface area is 352 Å². The highest BCUT2D eigenvalue weighted by atomic mass is 16.4. The molecule has 1 aromatic heterocycles. The minimum Gasteiger partial charge on any atom is -0.436 e. The van der Waals surface area contributed by atoms with Crippen molar-refractivity contribution in [3.05, 3.63) is 127 Å². The number of carbonyl (C=O) groups is 6. The first kappa shape index (κ1) is 39.4. The van der Waals surface area contributed by atoms with Crippen molar-refractivity contribution in [1.29, 1.82) is 0 Å². The number of piperidine rings is 2. The summed E-state index contributed by atoms with van der Waals surface area (Å²) in [6.45, 7) is 2.75. The van der Waals surface area contributed by atoms with E-state index in [1.165, 1.54) is 13.8 Å². The van der Waals surface area contributed by atoms with Crippen LogP contribution in [0.25, 0.3) is 22.8 Å². The number of rotatable bonds is 12. The van der Waals surface area contributed by atoms with Gasteiger partial charge in [-0.15, -0.1) is 0 Å². The first-order valence-corrected chi connectivity index (χ1v) is 20.6. The van der Waals surface area contributed by atoms with Gasteiger partial charge < -0.3 is 35.5 Å². The summed E-state index contributed by atoms with van der Waals surface area (Å²) in [6, 6.07) is 29.2. The molecule has 0 bridgehead atoms. The number of benzene rings is 4. The summed E-state index contributed by atoms with van der Waals surface area (Å²) in [6.07, 6.45) is 4.42. The minimum atomic E-state index is -0.883. The number of likely N-dealkylation sites (tertiary alicyclic amines) is 2. The molecule has 310 valence electrons. The Morgan fingerprint density at radius 2 is 1.00 bits per heavy atom. The Morgan fingerprint density at radius 1 is 0.574 bits per heavy atom. The van der Waals surface area contributed by atoms with Gasteiger partial charge in [-0.05, 0) is 97.2 Å². The SMILES string of the molecule is CC(=O)N[C@@H](C(=O)N1C(C(=O)Nc2ccc(-c3cnc(-c4ccc(NC(=O)[C@@H]5C[C@@H]6C[C@@H]6N5C(=O)[C@H](NC(C)=O)c5ccccc5)cc4)o3)cc2)C[C@@H]2C[C@@H]21)c1ccccc1. The molecule has 2 aliphatic carbocycles. The molecule has 14 heteroatoms. The zero-order valence-electron chi connectivity index (χ0n) is 33.6. The third-order valence-corrected chi connectivity index (χ3v) is 12.1. The van der Waals surface area contributed by atoms with E-state index in [0.717, 1.165) is 18.4 Å². The molecule has 8 atom stereocenters. The van der Waals surface area contributed by atoms with Gasteiger partial charge in [0, 0.05) is 48.4 Å². The highest BCUT2D eigenvalue weighted by molar-refractivity contribution is 6.01. The number of nitrogens with one attached hydrogen (secondary N) is 4. The molecule has 4 N–H and O–H groups in total. The maximum Gasteiger partial charge on any atom is 0.250 e. The second-order valence-corrected chi connectivity index (χ2v) is 16.4. The monoisotopic (exact) mass is 819 g/mol. The van der Waals surface area contributed by atoms with Crippen molar-refractivity contribution in [3.8, 4) is 22.8 Å². The Balaban J connectivity index is 0.820. The maximum atomic E-state index is 13.9. The van der Waals surface area contributed by atoms with Crippen molar-refractivity contribution in [2.24, 2.45) is 11.8 Å². The van der Waals surface area contributed by atoms with E-state index in [2.05, 4.69) is 26.3 Å². The number of carbonyl (C=O) groups excluding carboxylic acids is 6. The van der Waals surface area contributed by atoms with Crippen LogP contribution in [0.4, 0.5) is 11.4 Å². The van der Waals surface area contributed by atoms with Crippen molar-refractivity contribution >= 4 is 46.8 Å². The average Bonchev–Trinajstić information content (AvgIpc) is 4.03. The summed E-state index contributed by atoms with van der Waals surface area (Å²) in [4.78, 5) is 87.0. The zero-order chi connectivity index (χ0) is 42.4. The average molecular weight is 820 g/mol. The van der Waals surface area contributed by atoms with Crippen LogP contribution < -0.4 is 21.3 Å². The van der Waals surface area contributed by atoms with E-state index in [-0.39, 0.29) is 59.4 Å². The summed E-state index contributed by atoms with van der Waals surface area (Å²) < 4.78 is 6.11. The fourth-order valence-corrected chi connectivity index (χ4v) is 8.99. The second-order valence-electron chi connectivity index (χ2n) is 16.4. The molecule has 3 heterocycles. The summed E-state index contributed by atoms with van der Waals surface area (Å²) in [5, 5.41) is 11.5. The number of hydrogen-bond acceptors (Lipinski definition) is 8. The molecule has 4 aromatic carbocycles. The molecule has 61 heavy (non-hydrogen) atoms. The number of amides is 6. The lowest BCUT2D eigenvalue weighted by Crippen LogP contribution is -2.50. The van der Waals surface area contributed by atoms with Gasteiger partial charge in [0.25, 0.3) is 11.8 Å². The molecular formula is C47H45N7O7. The molecule has 2 saturated heterocycles. The molecule has 4 fully saturated rings. The van der Waals surface area contributed by atoms with Crippen LogP contribution in [0, 0.1) is 11.8 Å². The lowest BCUT2D eigenvalue weighted by molar-refractivity contribution is -0.141.